The van der Waals surface area contributed by atoms with Crippen molar-refractivity contribution < 1.29 is 23.9 Å². The highest BCUT2D eigenvalue weighted by atomic mass is 32.1. The van der Waals surface area contributed by atoms with Gasteiger partial charge in [-0.25, -0.2) is 9.59 Å². The summed E-state index contributed by atoms with van der Waals surface area (Å²) in [6, 6.07) is 11.9. The summed E-state index contributed by atoms with van der Waals surface area (Å²) in [6.07, 6.45) is 2.08. The molecule has 0 aliphatic rings. The molecule has 8 nitrogen and oxygen atoms in total. The van der Waals surface area contributed by atoms with Crippen LogP contribution in [-0.4, -0.2) is 38.2 Å². The zero-order chi connectivity index (χ0) is 27.8. The van der Waals surface area contributed by atoms with Gasteiger partial charge in [-0.3, -0.25) is 4.79 Å². The van der Waals surface area contributed by atoms with E-state index in [1.165, 1.54) is 18.4 Å². The Morgan fingerprint density at radius 2 is 1.61 bits per heavy atom. The molecule has 1 aromatic heterocycles. The average molecular weight is 538 g/mol. The third kappa shape index (κ3) is 7.13. The molecule has 0 radical (unpaired) electrons. The van der Waals surface area contributed by atoms with Crippen LogP contribution >= 0.6 is 11.3 Å². The average Bonchev–Trinajstić information content (AvgIpc) is 3.31. The van der Waals surface area contributed by atoms with Crippen LogP contribution in [0, 0.1) is 20.8 Å². The molecule has 0 unspecified atom stereocenters. The zero-order valence-electron chi connectivity index (χ0n) is 22.7. The maximum atomic E-state index is 13.4. The summed E-state index contributed by atoms with van der Waals surface area (Å²) >= 11 is 1.23. The van der Waals surface area contributed by atoms with Crippen LogP contribution in [0.25, 0.3) is 10.4 Å². The molecule has 1 atom stereocenters. The number of thiophene rings is 1. The van der Waals surface area contributed by atoms with Gasteiger partial charge in [-0.15, -0.1) is 11.3 Å². The molecular formula is C29H35N3O5S. The van der Waals surface area contributed by atoms with Crippen molar-refractivity contribution in [2.75, 3.05) is 24.9 Å². The number of amides is 3. The number of hydrogen-bond donors (Lipinski definition) is 3. The number of carbonyl (C=O) groups excluding carboxylic acids is 3. The first-order valence-electron chi connectivity index (χ1n) is 12.5. The number of nitrogens with one attached hydrogen (secondary N) is 3. The van der Waals surface area contributed by atoms with Gasteiger partial charge in [-0.1, -0.05) is 37.5 Å². The summed E-state index contributed by atoms with van der Waals surface area (Å²) in [7, 11) is 2.89. The second-order valence-corrected chi connectivity index (χ2v) is 10.2. The SMILES string of the molecule is CCCC[C@H](NC(=O)c1sc(-c2ccc(OC)cc2)cc1NC(=O)Nc1c(C)cc(C)cc1C)C(=O)OC. The fourth-order valence-electron chi connectivity index (χ4n) is 4.22. The Balaban J connectivity index is 1.92. The number of urea groups is 1. The Morgan fingerprint density at radius 3 is 2.18 bits per heavy atom. The first kappa shape index (κ1) is 28.7. The van der Waals surface area contributed by atoms with E-state index in [2.05, 4.69) is 16.0 Å². The fraction of sp³-hybridized carbons (Fsp3) is 0.345. The molecule has 3 N–H and O–H groups in total. The molecule has 0 spiro atoms. The van der Waals surface area contributed by atoms with Crippen molar-refractivity contribution in [1.82, 2.24) is 5.32 Å². The molecule has 3 aromatic rings. The van der Waals surface area contributed by atoms with Crippen LogP contribution in [0.3, 0.4) is 0 Å². The Morgan fingerprint density at radius 1 is 0.947 bits per heavy atom. The Labute approximate surface area is 227 Å². The third-order valence-corrected chi connectivity index (χ3v) is 7.30. The van der Waals surface area contributed by atoms with E-state index < -0.39 is 23.9 Å². The second-order valence-electron chi connectivity index (χ2n) is 9.13. The van der Waals surface area contributed by atoms with Crippen molar-refractivity contribution in [1.29, 1.82) is 0 Å². The molecule has 0 saturated carbocycles. The van der Waals surface area contributed by atoms with Gasteiger partial charge < -0.3 is 25.4 Å². The van der Waals surface area contributed by atoms with Gasteiger partial charge in [0.05, 0.1) is 19.9 Å². The van der Waals surface area contributed by atoms with Gasteiger partial charge in [0.15, 0.2) is 0 Å². The molecule has 0 bridgehead atoms. The number of benzene rings is 2. The Bertz CT molecular complexity index is 1280. The van der Waals surface area contributed by atoms with E-state index in [4.69, 9.17) is 9.47 Å². The lowest BCUT2D eigenvalue weighted by molar-refractivity contribution is -0.143. The number of methoxy groups -OCH3 is 2. The first-order chi connectivity index (χ1) is 18.2. The topological polar surface area (TPSA) is 106 Å². The highest BCUT2D eigenvalue weighted by Crippen LogP contribution is 2.36. The fourth-order valence-corrected chi connectivity index (χ4v) is 5.24. The normalized spacial score (nSPS) is 11.4. The van der Waals surface area contributed by atoms with Gasteiger partial charge in [0.25, 0.3) is 5.91 Å². The standard InChI is InChI=1S/C29H35N3O5S/c1-7-8-9-22(28(34)37-6)30-27(33)26-23(16-24(38-26)20-10-12-21(36-5)13-11-20)31-29(35)32-25-18(3)14-17(2)15-19(25)4/h10-16,22H,7-9H2,1-6H3,(H,30,33)(H2,31,32,35)/t22-/m0/s1. The molecule has 0 fully saturated rings. The van der Waals surface area contributed by atoms with E-state index in [1.807, 2.05) is 64.1 Å². The Hall–Kier alpha value is -3.85. The monoisotopic (exact) mass is 537 g/mol. The lowest BCUT2D eigenvalue weighted by Crippen LogP contribution is -2.41. The largest absolute Gasteiger partial charge is 0.497 e. The molecule has 0 aliphatic carbocycles. The molecule has 0 aliphatic heterocycles. The highest BCUT2D eigenvalue weighted by Gasteiger charge is 2.25. The zero-order valence-corrected chi connectivity index (χ0v) is 23.5. The van der Waals surface area contributed by atoms with E-state index in [0.29, 0.717) is 17.9 Å². The number of aryl methyl sites for hydroxylation is 3. The number of rotatable bonds is 10. The molecule has 3 rings (SSSR count). The minimum Gasteiger partial charge on any atom is -0.497 e. The molecule has 202 valence electrons. The van der Waals surface area contributed by atoms with Crippen molar-refractivity contribution in [3.8, 4) is 16.2 Å². The van der Waals surface area contributed by atoms with Gasteiger partial charge in [-0.2, -0.15) is 0 Å². The molecule has 9 heteroatoms. The van der Waals surface area contributed by atoms with Crippen LogP contribution in [0.1, 0.15) is 52.5 Å². The van der Waals surface area contributed by atoms with Crippen LogP contribution in [0.5, 0.6) is 5.75 Å². The molecule has 1 heterocycles. The summed E-state index contributed by atoms with van der Waals surface area (Å²) in [5.41, 5.74) is 4.91. The molecule has 2 aromatic carbocycles. The van der Waals surface area contributed by atoms with Crippen LogP contribution in [0.2, 0.25) is 0 Å². The van der Waals surface area contributed by atoms with E-state index in [0.717, 1.165) is 45.7 Å². The van der Waals surface area contributed by atoms with Crippen LogP contribution in [-0.2, 0) is 9.53 Å². The van der Waals surface area contributed by atoms with Crippen LogP contribution in [0.4, 0.5) is 16.2 Å². The van der Waals surface area contributed by atoms with Crippen LogP contribution in [0.15, 0.2) is 42.5 Å². The predicted molar refractivity (Wildman–Crippen MR) is 152 cm³/mol. The van der Waals surface area contributed by atoms with Crippen molar-refractivity contribution in [3.63, 3.8) is 0 Å². The minimum atomic E-state index is -0.779. The summed E-state index contributed by atoms with van der Waals surface area (Å²) in [5, 5.41) is 8.55. The third-order valence-electron chi connectivity index (χ3n) is 6.11. The van der Waals surface area contributed by atoms with Gasteiger partial charge in [-0.05, 0) is 74.2 Å². The van der Waals surface area contributed by atoms with Crippen molar-refractivity contribution >= 4 is 40.6 Å². The van der Waals surface area contributed by atoms with Crippen LogP contribution < -0.4 is 20.7 Å². The van der Waals surface area contributed by atoms with Gasteiger partial charge in [0.2, 0.25) is 0 Å². The molecule has 3 amide bonds. The summed E-state index contributed by atoms with van der Waals surface area (Å²) in [5.74, 6) is -0.253. The van der Waals surface area contributed by atoms with Crippen molar-refractivity contribution in [3.05, 3.63) is 64.0 Å². The van der Waals surface area contributed by atoms with E-state index in [9.17, 15) is 14.4 Å². The van der Waals surface area contributed by atoms with Gasteiger partial charge in [0, 0.05) is 10.6 Å². The van der Waals surface area contributed by atoms with Crippen molar-refractivity contribution in [2.45, 2.75) is 53.0 Å². The molecule has 0 saturated heterocycles. The van der Waals surface area contributed by atoms with E-state index >= 15 is 0 Å². The number of anilines is 2. The van der Waals surface area contributed by atoms with Gasteiger partial charge in [0.1, 0.15) is 16.7 Å². The van der Waals surface area contributed by atoms with E-state index in [1.54, 1.807) is 13.2 Å². The highest BCUT2D eigenvalue weighted by molar-refractivity contribution is 7.18. The number of unbranched alkanes of at least 4 members (excludes halogenated alkanes) is 1. The number of esters is 1. The maximum absolute atomic E-state index is 13.4. The first-order valence-corrected chi connectivity index (χ1v) is 13.3. The lowest BCUT2D eigenvalue weighted by atomic mass is 10.1. The van der Waals surface area contributed by atoms with E-state index in [-0.39, 0.29) is 4.88 Å². The molecular weight excluding hydrogens is 502 g/mol. The summed E-state index contributed by atoms with van der Waals surface area (Å²) in [6.45, 7) is 7.88. The number of hydrogen-bond acceptors (Lipinski definition) is 6. The second kappa shape index (κ2) is 13.1. The summed E-state index contributed by atoms with van der Waals surface area (Å²) in [4.78, 5) is 39.8. The predicted octanol–water partition coefficient (Wildman–Crippen LogP) is 6.45. The smallest absolute Gasteiger partial charge is 0.328 e. The van der Waals surface area contributed by atoms with Gasteiger partial charge >= 0.3 is 12.0 Å². The minimum absolute atomic E-state index is 0.286. The van der Waals surface area contributed by atoms with Crippen molar-refractivity contribution in [2.24, 2.45) is 0 Å². The molecule has 38 heavy (non-hydrogen) atoms. The lowest BCUT2D eigenvalue weighted by Gasteiger charge is -2.17. The Kier molecular flexibility index (Phi) is 9.90. The summed E-state index contributed by atoms with van der Waals surface area (Å²) < 4.78 is 10.1. The quantitative estimate of drug-likeness (QED) is 0.258. The number of carbonyl (C=O) groups is 3. The number of ether oxygens (including phenoxy) is 2. The maximum Gasteiger partial charge on any atom is 0.328 e.